The van der Waals surface area contributed by atoms with E-state index in [4.69, 9.17) is 10.5 Å². The van der Waals surface area contributed by atoms with Crippen LogP contribution >= 0.6 is 0 Å². The topological polar surface area (TPSA) is 38.5 Å². The van der Waals surface area contributed by atoms with Crippen LogP contribution in [0.2, 0.25) is 0 Å². The molecule has 1 aliphatic rings. The van der Waals surface area contributed by atoms with Crippen molar-refractivity contribution in [2.45, 2.75) is 44.8 Å². The number of likely N-dealkylation sites (N-methyl/N-ethyl adjacent to an activating group) is 1. The van der Waals surface area contributed by atoms with E-state index < -0.39 is 0 Å². The standard InChI is InChI=1S/C17H28N2O/c1-4-17(5-2,13-18)19(3)12-16-15-9-7-6-8-14(15)10-11-20-16/h6-9,16H,4-5,10-13,18H2,1-3H3. The molecule has 0 saturated carbocycles. The van der Waals surface area contributed by atoms with Gasteiger partial charge in [-0.1, -0.05) is 38.1 Å². The molecule has 1 aromatic carbocycles. The van der Waals surface area contributed by atoms with Crippen molar-refractivity contribution in [3.05, 3.63) is 35.4 Å². The van der Waals surface area contributed by atoms with Crippen molar-refractivity contribution in [1.82, 2.24) is 4.90 Å². The second-order valence-corrected chi connectivity index (χ2v) is 5.82. The van der Waals surface area contributed by atoms with Crippen LogP contribution in [0.5, 0.6) is 0 Å². The number of hydrogen-bond donors (Lipinski definition) is 1. The van der Waals surface area contributed by atoms with Crippen molar-refractivity contribution in [2.75, 3.05) is 26.7 Å². The second-order valence-electron chi connectivity index (χ2n) is 5.82. The number of fused-ring (bicyclic) bond motifs is 1. The van der Waals surface area contributed by atoms with Gasteiger partial charge in [0.1, 0.15) is 0 Å². The molecule has 0 fully saturated rings. The molecule has 0 bridgehead atoms. The monoisotopic (exact) mass is 276 g/mol. The molecule has 1 unspecified atom stereocenters. The number of ether oxygens (including phenoxy) is 1. The molecule has 1 heterocycles. The summed E-state index contributed by atoms with van der Waals surface area (Å²) in [5.74, 6) is 0. The molecule has 0 saturated heterocycles. The molecule has 112 valence electrons. The van der Waals surface area contributed by atoms with Crippen LogP contribution in [0.25, 0.3) is 0 Å². The Morgan fingerprint density at radius 2 is 2.00 bits per heavy atom. The number of benzene rings is 1. The highest BCUT2D eigenvalue weighted by Gasteiger charge is 2.32. The molecular weight excluding hydrogens is 248 g/mol. The van der Waals surface area contributed by atoms with Crippen LogP contribution in [0.15, 0.2) is 24.3 Å². The minimum absolute atomic E-state index is 0.0930. The van der Waals surface area contributed by atoms with E-state index in [2.05, 4.69) is 50.1 Å². The Hall–Kier alpha value is -0.900. The molecule has 3 heteroatoms. The molecule has 1 aromatic rings. The summed E-state index contributed by atoms with van der Waals surface area (Å²) >= 11 is 0. The summed E-state index contributed by atoms with van der Waals surface area (Å²) in [6.45, 7) is 6.88. The molecule has 2 rings (SSSR count). The summed E-state index contributed by atoms with van der Waals surface area (Å²) in [5, 5.41) is 0. The molecule has 0 spiro atoms. The van der Waals surface area contributed by atoms with Gasteiger partial charge in [-0.05, 0) is 37.4 Å². The van der Waals surface area contributed by atoms with Crippen molar-refractivity contribution in [3.8, 4) is 0 Å². The lowest BCUT2D eigenvalue weighted by Crippen LogP contribution is -2.52. The summed E-state index contributed by atoms with van der Waals surface area (Å²) in [6, 6.07) is 8.65. The lowest BCUT2D eigenvalue weighted by molar-refractivity contribution is -0.00756. The van der Waals surface area contributed by atoms with Gasteiger partial charge in [0.05, 0.1) is 12.7 Å². The highest BCUT2D eigenvalue weighted by atomic mass is 16.5. The molecule has 1 atom stereocenters. The molecular formula is C17H28N2O. The van der Waals surface area contributed by atoms with Crippen molar-refractivity contribution in [3.63, 3.8) is 0 Å². The predicted molar refractivity (Wildman–Crippen MR) is 83.8 cm³/mol. The summed E-state index contributed by atoms with van der Waals surface area (Å²) in [7, 11) is 2.18. The van der Waals surface area contributed by atoms with Gasteiger partial charge in [-0.2, -0.15) is 0 Å². The number of hydrogen-bond acceptors (Lipinski definition) is 3. The average molecular weight is 276 g/mol. The summed E-state index contributed by atoms with van der Waals surface area (Å²) < 4.78 is 6.02. The van der Waals surface area contributed by atoms with Crippen molar-refractivity contribution in [2.24, 2.45) is 5.73 Å². The first-order valence-electron chi connectivity index (χ1n) is 7.77. The van der Waals surface area contributed by atoms with Crippen molar-refractivity contribution >= 4 is 0 Å². The zero-order valence-corrected chi connectivity index (χ0v) is 13.1. The van der Waals surface area contributed by atoms with Gasteiger partial charge in [-0.15, -0.1) is 0 Å². The zero-order valence-electron chi connectivity index (χ0n) is 13.1. The molecule has 20 heavy (non-hydrogen) atoms. The smallest absolute Gasteiger partial charge is 0.0954 e. The van der Waals surface area contributed by atoms with Crippen LogP contribution in [-0.2, 0) is 11.2 Å². The van der Waals surface area contributed by atoms with Crippen LogP contribution < -0.4 is 5.73 Å². The average Bonchev–Trinajstić information content (AvgIpc) is 2.50. The number of rotatable bonds is 6. The van der Waals surface area contributed by atoms with Crippen LogP contribution in [0.3, 0.4) is 0 Å². The Kier molecular flexibility index (Phi) is 5.19. The van der Waals surface area contributed by atoms with Gasteiger partial charge in [-0.3, -0.25) is 4.90 Å². The third-order valence-electron chi connectivity index (χ3n) is 5.04. The molecule has 3 nitrogen and oxygen atoms in total. The number of nitrogens with zero attached hydrogens (tertiary/aromatic N) is 1. The highest BCUT2D eigenvalue weighted by Crippen LogP contribution is 2.30. The highest BCUT2D eigenvalue weighted by molar-refractivity contribution is 5.31. The Labute approximate surface area is 123 Å². The molecule has 0 aliphatic carbocycles. The van der Waals surface area contributed by atoms with E-state index in [1.54, 1.807) is 0 Å². The van der Waals surface area contributed by atoms with Crippen LogP contribution in [0, 0.1) is 0 Å². The Balaban J connectivity index is 2.15. The van der Waals surface area contributed by atoms with Gasteiger partial charge < -0.3 is 10.5 Å². The van der Waals surface area contributed by atoms with E-state index in [0.717, 1.165) is 32.4 Å². The SMILES string of the molecule is CCC(CC)(CN)N(C)CC1OCCc2ccccc21. The zero-order chi connectivity index (χ0) is 14.6. The van der Waals surface area contributed by atoms with E-state index in [9.17, 15) is 0 Å². The van der Waals surface area contributed by atoms with Gasteiger partial charge in [-0.25, -0.2) is 0 Å². The lowest BCUT2D eigenvalue weighted by atomic mass is 9.89. The molecule has 2 N–H and O–H groups in total. The molecule has 0 aromatic heterocycles. The van der Waals surface area contributed by atoms with Gasteiger partial charge in [0.25, 0.3) is 0 Å². The third kappa shape index (κ3) is 2.90. The minimum Gasteiger partial charge on any atom is -0.372 e. The molecule has 0 amide bonds. The summed E-state index contributed by atoms with van der Waals surface area (Å²) in [4.78, 5) is 2.40. The van der Waals surface area contributed by atoms with E-state index in [-0.39, 0.29) is 11.6 Å². The Bertz CT molecular complexity index is 420. The van der Waals surface area contributed by atoms with Crippen LogP contribution in [0.4, 0.5) is 0 Å². The van der Waals surface area contributed by atoms with E-state index in [1.807, 2.05) is 0 Å². The summed E-state index contributed by atoms with van der Waals surface area (Å²) in [6.07, 6.45) is 3.35. The fraction of sp³-hybridized carbons (Fsp3) is 0.647. The number of nitrogens with two attached hydrogens (primary N) is 1. The van der Waals surface area contributed by atoms with Crippen molar-refractivity contribution in [1.29, 1.82) is 0 Å². The van der Waals surface area contributed by atoms with Gasteiger partial charge in [0.15, 0.2) is 0 Å². The Morgan fingerprint density at radius 3 is 2.65 bits per heavy atom. The Morgan fingerprint density at radius 1 is 1.30 bits per heavy atom. The van der Waals surface area contributed by atoms with E-state index >= 15 is 0 Å². The van der Waals surface area contributed by atoms with Crippen molar-refractivity contribution < 1.29 is 4.74 Å². The van der Waals surface area contributed by atoms with Gasteiger partial charge >= 0.3 is 0 Å². The normalized spacial score (nSPS) is 19.1. The van der Waals surface area contributed by atoms with E-state index in [1.165, 1.54) is 11.1 Å². The maximum absolute atomic E-state index is 6.05. The quantitative estimate of drug-likeness (QED) is 0.868. The largest absolute Gasteiger partial charge is 0.372 e. The lowest BCUT2D eigenvalue weighted by Gasteiger charge is -2.42. The predicted octanol–water partition coefficient (Wildman–Crippen LogP) is 2.75. The molecule has 1 aliphatic heterocycles. The van der Waals surface area contributed by atoms with E-state index in [0.29, 0.717) is 6.54 Å². The maximum Gasteiger partial charge on any atom is 0.0954 e. The van der Waals surface area contributed by atoms with Gasteiger partial charge in [0.2, 0.25) is 0 Å². The minimum atomic E-state index is 0.0930. The fourth-order valence-electron chi connectivity index (χ4n) is 3.30. The maximum atomic E-state index is 6.05. The van der Waals surface area contributed by atoms with Gasteiger partial charge in [0, 0.05) is 18.6 Å². The summed E-state index contributed by atoms with van der Waals surface area (Å²) in [5.41, 5.74) is 8.92. The fourth-order valence-corrected chi connectivity index (χ4v) is 3.30. The first kappa shape index (κ1) is 15.5. The van der Waals surface area contributed by atoms with Crippen LogP contribution in [0.1, 0.15) is 43.9 Å². The third-order valence-corrected chi connectivity index (χ3v) is 5.04. The first-order valence-corrected chi connectivity index (χ1v) is 7.77. The van der Waals surface area contributed by atoms with Crippen LogP contribution in [-0.4, -0.2) is 37.2 Å². The molecule has 0 radical (unpaired) electrons. The first-order chi connectivity index (χ1) is 9.66. The second kappa shape index (κ2) is 6.70.